The quantitative estimate of drug-likeness (QED) is 0.770. The first-order valence-electron chi connectivity index (χ1n) is 9.08. The lowest BCUT2D eigenvalue weighted by Gasteiger charge is -2.37. The maximum atomic E-state index is 12.6. The van der Waals surface area contributed by atoms with Crippen LogP contribution in [0, 0.1) is 5.92 Å². The molecule has 0 saturated carbocycles. The highest BCUT2D eigenvalue weighted by Gasteiger charge is 2.27. The Kier molecular flexibility index (Phi) is 5.97. The zero-order chi connectivity index (χ0) is 17.6. The second kappa shape index (κ2) is 8.39. The van der Waals surface area contributed by atoms with Gasteiger partial charge in [0.1, 0.15) is 11.5 Å². The van der Waals surface area contributed by atoms with Gasteiger partial charge >= 0.3 is 0 Å². The van der Waals surface area contributed by atoms with E-state index in [2.05, 4.69) is 17.1 Å². The number of piperazine rings is 1. The molecule has 0 bridgehead atoms. The average molecular weight is 344 g/mol. The molecule has 0 aromatic heterocycles. The summed E-state index contributed by atoms with van der Waals surface area (Å²) in [4.78, 5) is 17.1. The van der Waals surface area contributed by atoms with Gasteiger partial charge in [0.05, 0.1) is 14.2 Å². The van der Waals surface area contributed by atoms with E-state index in [4.69, 9.17) is 9.47 Å². The number of hydrogen-bond acceptors (Lipinski definition) is 4. The normalized spacial score (nSPS) is 21.2. The van der Waals surface area contributed by atoms with Crippen LogP contribution in [0.4, 0.5) is 0 Å². The first kappa shape index (κ1) is 17.8. The third kappa shape index (κ3) is 4.34. The molecule has 1 aliphatic heterocycles. The predicted molar refractivity (Wildman–Crippen MR) is 97.9 cm³/mol. The summed E-state index contributed by atoms with van der Waals surface area (Å²) in [5.74, 6) is 2.25. The van der Waals surface area contributed by atoms with E-state index in [0.717, 1.165) is 69.0 Å². The van der Waals surface area contributed by atoms with Crippen molar-refractivity contribution in [2.24, 2.45) is 5.92 Å². The Labute approximate surface area is 150 Å². The van der Waals surface area contributed by atoms with Gasteiger partial charge in [0.2, 0.25) is 5.91 Å². The Hall–Kier alpha value is -2.01. The van der Waals surface area contributed by atoms with Gasteiger partial charge < -0.3 is 14.4 Å². The molecular weight excluding hydrogens is 316 g/mol. The first-order chi connectivity index (χ1) is 12.2. The monoisotopic (exact) mass is 344 g/mol. The zero-order valence-electron chi connectivity index (χ0n) is 15.2. The summed E-state index contributed by atoms with van der Waals surface area (Å²) in [6.45, 7) is 4.23. The van der Waals surface area contributed by atoms with Crippen LogP contribution < -0.4 is 9.47 Å². The molecule has 1 saturated heterocycles. The fourth-order valence-electron chi connectivity index (χ4n) is 3.65. The number of carbonyl (C=O) groups excluding carboxylic acids is 1. The summed E-state index contributed by atoms with van der Waals surface area (Å²) in [5.41, 5.74) is 1.12. The van der Waals surface area contributed by atoms with Crippen molar-refractivity contribution in [2.75, 3.05) is 40.4 Å². The van der Waals surface area contributed by atoms with E-state index in [-0.39, 0.29) is 5.92 Å². The molecule has 0 radical (unpaired) electrons. The minimum absolute atomic E-state index is 0.190. The molecular formula is C20H28N2O3. The lowest BCUT2D eigenvalue weighted by molar-refractivity contribution is -0.137. The lowest BCUT2D eigenvalue weighted by atomic mass is 9.93. The molecule has 1 fully saturated rings. The third-order valence-electron chi connectivity index (χ3n) is 5.18. The summed E-state index contributed by atoms with van der Waals surface area (Å²) in [6.07, 6.45) is 7.27. The molecule has 25 heavy (non-hydrogen) atoms. The second-order valence-corrected chi connectivity index (χ2v) is 6.76. The Balaban J connectivity index is 1.56. The molecule has 5 nitrogen and oxygen atoms in total. The van der Waals surface area contributed by atoms with E-state index in [0.29, 0.717) is 5.91 Å². The van der Waals surface area contributed by atoms with Crippen molar-refractivity contribution in [3.8, 4) is 11.5 Å². The van der Waals surface area contributed by atoms with Gasteiger partial charge in [-0.05, 0) is 37.5 Å². The van der Waals surface area contributed by atoms with Crippen molar-refractivity contribution in [2.45, 2.75) is 25.8 Å². The average Bonchev–Trinajstić information content (AvgIpc) is 2.68. The number of carbonyl (C=O) groups is 1. The van der Waals surface area contributed by atoms with Crippen LogP contribution in [-0.4, -0.2) is 56.1 Å². The molecule has 1 aliphatic carbocycles. The summed E-state index contributed by atoms with van der Waals surface area (Å²) >= 11 is 0. The Morgan fingerprint density at radius 2 is 1.92 bits per heavy atom. The predicted octanol–water partition coefficient (Wildman–Crippen LogP) is 2.70. The van der Waals surface area contributed by atoms with Crippen LogP contribution in [0.15, 0.2) is 30.4 Å². The van der Waals surface area contributed by atoms with Crippen molar-refractivity contribution in [1.29, 1.82) is 0 Å². The number of methoxy groups -OCH3 is 2. The minimum Gasteiger partial charge on any atom is -0.497 e. The molecule has 0 spiro atoms. The molecule has 1 amide bonds. The van der Waals surface area contributed by atoms with Crippen LogP contribution >= 0.6 is 0 Å². The number of rotatable bonds is 5. The molecule has 1 aromatic rings. The molecule has 1 unspecified atom stereocenters. The summed E-state index contributed by atoms with van der Waals surface area (Å²) < 4.78 is 10.8. The topological polar surface area (TPSA) is 42.0 Å². The number of benzene rings is 1. The first-order valence-corrected chi connectivity index (χ1v) is 9.08. The maximum Gasteiger partial charge on any atom is 0.226 e. The Morgan fingerprint density at radius 1 is 1.12 bits per heavy atom. The Morgan fingerprint density at radius 3 is 2.56 bits per heavy atom. The molecule has 136 valence electrons. The molecule has 2 aliphatic rings. The van der Waals surface area contributed by atoms with E-state index in [1.54, 1.807) is 14.2 Å². The van der Waals surface area contributed by atoms with Gasteiger partial charge in [-0.2, -0.15) is 0 Å². The van der Waals surface area contributed by atoms with E-state index >= 15 is 0 Å². The molecule has 1 atom stereocenters. The summed E-state index contributed by atoms with van der Waals surface area (Å²) in [7, 11) is 3.37. The SMILES string of the molecule is COc1ccc(OC)c(CN2CCN(C(=O)C3CC=CCC3)CC2)c1. The van der Waals surface area contributed by atoms with E-state index in [1.807, 2.05) is 23.1 Å². The molecule has 1 heterocycles. The standard InChI is InChI=1S/C20H28N2O3/c1-24-18-8-9-19(25-2)17(14-18)15-21-10-12-22(13-11-21)20(23)16-6-4-3-5-7-16/h3-4,8-9,14,16H,5-7,10-13,15H2,1-2H3. The zero-order valence-corrected chi connectivity index (χ0v) is 15.2. The van der Waals surface area contributed by atoms with Crippen LogP contribution in [0.1, 0.15) is 24.8 Å². The Bertz CT molecular complexity index is 621. The highest BCUT2D eigenvalue weighted by molar-refractivity contribution is 5.79. The fraction of sp³-hybridized carbons (Fsp3) is 0.550. The molecule has 1 aromatic carbocycles. The number of hydrogen-bond donors (Lipinski definition) is 0. The third-order valence-corrected chi connectivity index (χ3v) is 5.18. The van der Waals surface area contributed by atoms with Gasteiger partial charge in [0, 0.05) is 44.2 Å². The summed E-state index contributed by atoms with van der Waals surface area (Å²) in [5, 5.41) is 0. The van der Waals surface area contributed by atoms with Crippen molar-refractivity contribution in [3.63, 3.8) is 0 Å². The number of amides is 1. The van der Waals surface area contributed by atoms with Gasteiger partial charge in [-0.15, -0.1) is 0 Å². The van der Waals surface area contributed by atoms with E-state index in [9.17, 15) is 4.79 Å². The fourth-order valence-corrected chi connectivity index (χ4v) is 3.65. The highest BCUT2D eigenvalue weighted by atomic mass is 16.5. The highest BCUT2D eigenvalue weighted by Crippen LogP contribution is 2.26. The van der Waals surface area contributed by atoms with Gasteiger partial charge in [-0.3, -0.25) is 9.69 Å². The number of ether oxygens (including phenoxy) is 2. The van der Waals surface area contributed by atoms with Crippen LogP contribution in [0.5, 0.6) is 11.5 Å². The van der Waals surface area contributed by atoms with Gasteiger partial charge in [0.15, 0.2) is 0 Å². The van der Waals surface area contributed by atoms with Crippen molar-refractivity contribution in [1.82, 2.24) is 9.80 Å². The van der Waals surface area contributed by atoms with Gasteiger partial charge in [-0.25, -0.2) is 0 Å². The molecule has 0 N–H and O–H groups in total. The smallest absolute Gasteiger partial charge is 0.226 e. The van der Waals surface area contributed by atoms with Crippen LogP contribution in [0.2, 0.25) is 0 Å². The summed E-state index contributed by atoms with van der Waals surface area (Å²) in [6, 6.07) is 5.90. The van der Waals surface area contributed by atoms with Crippen molar-refractivity contribution >= 4 is 5.91 Å². The van der Waals surface area contributed by atoms with Gasteiger partial charge in [-0.1, -0.05) is 12.2 Å². The van der Waals surface area contributed by atoms with Crippen LogP contribution in [0.25, 0.3) is 0 Å². The van der Waals surface area contributed by atoms with Crippen molar-refractivity contribution < 1.29 is 14.3 Å². The number of nitrogens with zero attached hydrogens (tertiary/aromatic N) is 2. The van der Waals surface area contributed by atoms with Crippen LogP contribution in [-0.2, 0) is 11.3 Å². The van der Waals surface area contributed by atoms with E-state index in [1.165, 1.54) is 0 Å². The van der Waals surface area contributed by atoms with Crippen LogP contribution in [0.3, 0.4) is 0 Å². The largest absolute Gasteiger partial charge is 0.497 e. The number of allylic oxidation sites excluding steroid dienone is 2. The van der Waals surface area contributed by atoms with Gasteiger partial charge in [0.25, 0.3) is 0 Å². The van der Waals surface area contributed by atoms with E-state index < -0.39 is 0 Å². The maximum absolute atomic E-state index is 12.6. The molecule has 3 rings (SSSR count). The second-order valence-electron chi connectivity index (χ2n) is 6.76. The lowest BCUT2D eigenvalue weighted by Crippen LogP contribution is -2.50. The minimum atomic E-state index is 0.190. The molecule has 5 heteroatoms. The van der Waals surface area contributed by atoms with Crippen molar-refractivity contribution in [3.05, 3.63) is 35.9 Å².